The zero-order valence-electron chi connectivity index (χ0n) is 18.2. The molecular formula is C29H27N. The van der Waals surface area contributed by atoms with Gasteiger partial charge in [0, 0.05) is 23.0 Å². The number of hydrogen-bond donors (Lipinski definition) is 0. The van der Waals surface area contributed by atoms with Crippen molar-refractivity contribution in [2.45, 2.75) is 34.1 Å². The Morgan fingerprint density at radius 2 is 1.90 bits per heavy atom. The molecule has 0 saturated carbocycles. The van der Waals surface area contributed by atoms with Crippen LogP contribution >= 0.6 is 0 Å². The number of pyridine rings is 1. The standard InChI is InChI=1S/C29H27N/c1-6-7-23-11-10-22(9-8-21-16-17-30-20(2)18-21)26-14-12-24-19-25(29(3,4)5)13-15-27(24)28(23)26/h6-7,10-14,16-19H,1,15H2,2-5H3/b23-7-. The van der Waals surface area contributed by atoms with Crippen LogP contribution in [0.25, 0.3) is 22.9 Å². The van der Waals surface area contributed by atoms with Gasteiger partial charge in [-0.3, -0.25) is 4.98 Å². The van der Waals surface area contributed by atoms with Crippen LogP contribution in [0.5, 0.6) is 0 Å². The molecule has 1 heterocycles. The normalized spacial score (nSPS) is 13.7. The first-order valence-corrected chi connectivity index (χ1v) is 10.4. The van der Waals surface area contributed by atoms with Crippen molar-refractivity contribution >= 4 is 22.9 Å². The zero-order valence-corrected chi connectivity index (χ0v) is 18.2. The lowest BCUT2D eigenvalue weighted by Gasteiger charge is -2.24. The van der Waals surface area contributed by atoms with Gasteiger partial charge in [0.1, 0.15) is 0 Å². The van der Waals surface area contributed by atoms with E-state index in [0.29, 0.717) is 0 Å². The molecule has 0 aliphatic heterocycles. The Bertz CT molecular complexity index is 1370. The third-order valence-corrected chi connectivity index (χ3v) is 5.60. The first-order valence-electron chi connectivity index (χ1n) is 10.4. The quantitative estimate of drug-likeness (QED) is 0.520. The van der Waals surface area contributed by atoms with Crippen LogP contribution in [-0.4, -0.2) is 4.98 Å². The largest absolute Gasteiger partial charge is 0.262 e. The Labute approximate surface area is 179 Å². The van der Waals surface area contributed by atoms with Crippen molar-refractivity contribution in [3.8, 4) is 11.8 Å². The fourth-order valence-corrected chi connectivity index (χ4v) is 4.02. The average Bonchev–Trinajstić information content (AvgIpc) is 2.72. The van der Waals surface area contributed by atoms with Crippen molar-refractivity contribution in [3.05, 3.63) is 99.7 Å². The highest BCUT2D eigenvalue weighted by atomic mass is 14.6. The highest BCUT2D eigenvalue weighted by Crippen LogP contribution is 2.29. The lowest BCUT2D eigenvalue weighted by atomic mass is 9.81. The van der Waals surface area contributed by atoms with Crippen LogP contribution in [0.4, 0.5) is 0 Å². The van der Waals surface area contributed by atoms with E-state index in [1.807, 2.05) is 31.3 Å². The molecule has 1 heteroatoms. The highest BCUT2D eigenvalue weighted by Gasteiger charge is 2.18. The van der Waals surface area contributed by atoms with Crippen molar-refractivity contribution in [1.82, 2.24) is 4.98 Å². The predicted octanol–water partition coefficient (Wildman–Crippen LogP) is 5.22. The van der Waals surface area contributed by atoms with E-state index in [1.54, 1.807) is 0 Å². The lowest BCUT2D eigenvalue weighted by molar-refractivity contribution is 0.520. The summed E-state index contributed by atoms with van der Waals surface area (Å²) in [5.41, 5.74) is 5.94. The molecule has 0 saturated heterocycles. The second-order valence-corrected chi connectivity index (χ2v) is 8.85. The third-order valence-electron chi connectivity index (χ3n) is 5.60. The molecule has 0 atom stereocenters. The summed E-state index contributed by atoms with van der Waals surface area (Å²) >= 11 is 0. The topological polar surface area (TPSA) is 12.9 Å². The molecule has 0 bridgehead atoms. The van der Waals surface area contributed by atoms with Crippen LogP contribution < -0.4 is 10.4 Å². The number of nitrogens with zero attached hydrogens (tertiary/aromatic N) is 1. The van der Waals surface area contributed by atoms with Crippen molar-refractivity contribution in [2.24, 2.45) is 5.41 Å². The third kappa shape index (κ3) is 3.87. The number of allylic oxidation sites excluding steroid dienone is 3. The predicted molar refractivity (Wildman–Crippen MR) is 129 cm³/mol. The van der Waals surface area contributed by atoms with E-state index in [9.17, 15) is 0 Å². The first kappa shape index (κ1) is 19.9. The van der Waals surface area contributed by atoms with Gasteiger partial charge in [-0.25, -0.2) is 0 Å². The van der Waals surface area contributed by atoms with Crippen molar-refractivity contribution in [3.63, 3.8) is 0 Å². The van der Waals surface area contributed by atoms with Gasteiger partial charge < -0.3 is 0 Å². The number of rotatable bonds is 1. The molecule has 1 aliphatic carbocycles. The fourth-order valence-electron chi connectivity index (χ4n) is 4.02. The summed E-state index contributed by atoms with van der Waals surface area (Å²) in [6.07, 6.45) is 11.4. The minimum Gasteiger partial charge on any atom is -0.262 e. The van der Waals surface area contributed by atoms with Gasteiger partial charge in [-0.1, -0.05) is 81.7 Å². The second kappa shape index (κ2) is 7.81. The molecule has 148 valence electrons. The number of aromatic nitrogens is 1. The second-order valence-electron chi connectivity index (χ2n) is 8.85. The van der Waals surface area contributed by atoms with Crippen LogP contribution in [0.2, 0.25) is 0 Å². The number of hydrogen-bond acceptors (Lipinski definition) is 1. The summed E-state index contributed by atoms with van der Waals surface area (Å²) in [6, 6.07) is 12.7. The Kier molecular flexibility index (Phi) is 5.18. The van der Waals surface area contributed by atoms with Crippen molar-refractivity contribution < 1.29 is 0 Å². The molecule has 1 aromatic heterocycles. The van der Waals surface area contributed by atoms with Gasteiger partial charge in [0.25, 0.3) is 0 Å². The van der Waals surface area contributed by atoms with Gasteiger partial charge in [-0.15, -0.1) is 0 Å². The number of benzene rings is 2. The van der Waals surface area contributed by atoms with E-state index >= 15 is 0 Å². The molecule has 0 unspecified atom stereocenters. The van der Waals surface area contributed by atoms with Gasteiger partial charge in [0.05, 0.1) is 0 Å². The van der Waals surface area contributed by atoms with E-state index in [1.165, 1.54) is 32.3 Å². The molecule has 0 N–H and O–H groups in total. The minimum atomic E-state index is 0.152. The summed E-state index contributed by atoms with van der Waals surface area (Å²) in [7, 11) is 0. The van der Waals surface area contributed by atoms with E-state index < -0.39 is 0 Å². The maximum absolute atomic E-state index is 4.26. The van der Waals surface area contributed by atoms with Crippen molar-refractivity contribution in [2.75, 3.05) is 0 Å². The molecule has 30 heavy (non-hydrogen) atoms. The van der Waals surface area contributed by atoms with Crippen LogP contribution in [0.3, 0.4) is 0 Å². The number of fused-ring (bicyclic) bond motifs is 3. The Balaban J connectivity index is 1.95. The summed E-state index contributed by atoms with van der Waals surface area (Å²) in [5.74, 6) is 6.71. The van der Waals surface area contributed by atoms with E-state index in [4.69, 9.17) is 0 Å². The highest BCUT2D eigenvalue weighted by molar-refractivity contribution is 5.93. The maximum atomic E-state index is 4.26. The van der Waals surface area contributed by atoms with Crippen LogP contribution in [-0.2, 0) is 6.42 Å². The van der Waals surface area contributed by atoms with Gasteiger partial charge in [-0.05, 0) is 69.3 Å². The SMILES string of the molecule is C=C/C=c1/ccc(C#Cc2ccnc(C)c2)c2ccc3c(c12)CC=C(C(C)(C)C)C=3. The molecule has 0 amide bonds. The molecule has 0 radical (unpaired) electrons. The van der Waals surface area contributed by atoms with Gasteiger partial charge in [-0.2, -0.15) is 0 Å². The fraction of sp³-hybridized carbons (Fsp3) is 0.207. The monoisotopic (exact) mass is 389 g/mol. The molecular weight excluding hydrogens is 362 g/mol. The molecule has 4 rings (SSSR count). The van der Waals surface area contributed by atoms with E-state index in [2.05, 4.69) is 86.7 Å². The van der Waals surface area contributed by atoms with Crippen LogP contribution in [0.1, 0.15) is 43.2 Å². The van der Waals surface area contributed by atoms with Crippen LogP contribution in [0, 0.1) is 24.2 Å². The van der Waals surface area contributed by atoms with E-state index in [0.717, 1.165) is 23.2 Å². The lowest BCUT2D eigenvalue weighted by Crippen LogP contribution is -2.21. The Hall–Kier alpha value is -3.37. The molecule has 0 fully saturated rings. The zero-order chi connectivity index (χ0) is 21.3. The Morgan fingerprint density at radius 1 is 1.07 bits per heavy atom. The Morgan fingerprint density at radius 3 is 2.63 bits per heavy atom. The molecule has 2 aromatic carbocycles. The summed E-state index contributed by atoms with van der Waals surface area (Å²) in [6.45, 7) is 12.7. The molecule has 1 aliphatic rings. The number of aryl methyl sites for hydroxylation is 1. The maximum Gasteiger partial charge on any atom is 0.0385 e. The molecule has 1 nitrogen and oxygen atoms in total. The summed E-state index contributed by atoms with van der Waals surface area (Å²) in [4.78, 5) is 4.26. The molecule has 0 spiro atoms. The smallest absolute Gasteiger partial charge is 0.0385 e. The minimum absolute atomic E-state index is 0.152. The summed E-state index contributed by atoms with van der Waals surface area (Å²) < 4.78 is 0. The average molecular weight is 390 g/mol. The first-order chi connectivity index (χ1) is 14.4. The summed E-state index contributed by atoms with van der Waals surface area (Å²) in [5, 5.41) is 4.99. The van der Waals surface area contributed by atoms with E-state index in [-0.39, 0.29) is 5.41 Å². The van der Waals surface area contributed by atoms with Gasteiger partial charge in [0.2, 0.25) is 0 Å². The van der Waals surface area contributed by atoms with Crippen molar-refractivity contribution in [1.29, 1.82) is 0 Å². The van der Waals surface area contributed by atoms with Crippen LogP contribution in [0.15, 0.2) is 66.9 Å². The molecule has 3 aromatic rings. The van der Waals surface area contributed by atoms with Gasteiger partial charge >= 0.3 is 0 Å². The van der Waals surface area contributed by atoms with Gasteiger partial charge in [0.15, 0.2) is 0 Å².